The third kappa shape index (κ3) is 4.51. The molecule has 1 N–H and O–H groups in total. The highest BCUT2D eigenvalue weighted by Crippen LogP contribution is 2.43. The average molecular weight is 468 g/mol. The van der Waals surface area contributed by atoms with Gasteiger partial charge in [-0.15, -0.1) is 11.3 Å². The van der Waals surface area contributed by atoms with Crippen molar-refractivity contribution in [1.29, 1.82) is 0 Å². The number of hydrogen-bond donors (Lipinski definition) is 1. The molecular weight excluding hydrogens is 438 g/mol. The number of piperazine rings is 1. The molecule has 174 valence electrons. The molecule has 3 aromatic rings. The summed E-state index contributed by atoms with van der Waals surface area (Å²) in [6.07, 6.45) is 2.43. The number of carbonyl (C=O) groups is 1. The zero-order chi connectivity index (χ0) is 22.8. The standard InChI is InChI=1S/C25H29N3O4S/c1-3-18-15-19(25(33-18)26-24(29)21-6-5-13-30-21)23(28-11-9-27(4-2)10-12-28)17-7-8-20-22(14-17)32-16-31-20/h5-8,13-15,23H,3-4,9-12,16H2,1-2H3,(H,26,29). The number of carbonyl (C=O) groups excluding carboxylic acids is 1. The fourth-order valence-electron chi connectivity index (χ4n) is 4.51. The predicted molar refractivity (Wildman–Crippen MR) is 128 cm³/mol. The van der Waals surface area contributed by atoms with Crippen LogP contribution in [0.4, 0.5) is 5.00 Å². The predicted octanol–water partition coefficient (Wildman–Crippen LogP) is 4.61. The maximum atomic E-state index is 12.8. The molecular formula is C25H29N3O4S. The molecule has 1 amide bonds. The first kappa shape index (κ1) is 22.0. The minimum atomic E-state index is -0.231. The number of ether oxygens (including phenoxy) is 2. The third-order valence-corrected chi connectivity index (χ3v) is 7.57. The maximum absolute atomic E-state index is 12.8. The Morgan fingerprint density at radius 2 is 1.91 bits per heavy atom. The second-order valence-corrected chi connectivity index (χ2v) is 9.40. The number of benzene rings is 1. The van der Waals surface area contributed by atoms with E-state index in [0.29, 0.717) is 5.76 Å². The summed E-state index contributed by atoms with van der Waals surface area (Å²) < 4.78 is 16.6. The number of anilines is 1. The van der Waals surface area contributed by atoms with Crippen molar-refractivity contribution in [3.8, 4) is 11.5 Å². The van der Waals surface area contributed by atoms with Gasteiger partial charge in [0.25, 0.3) is 5.91 Å². The molecule has 0 bridgehead atoms. The Labute approximate surface area is 197 Å². The summed E-state index contributed by atoms with van der Waals surface area (Å²) in [5.74, 6) is 1.63. The molecule has 7 nitrogen and oxygen atoms in total. The van der Waals surface area contributed by atoms with Crippen LogP contribution in [0.5, 0.6) is 11.5 Å². The Morgan fingerprint density at radius 1 is 1.09 bits per heavy atom. The molecule has 2 aromatic heterocycles. The van der Waals surface area contributed by atoms with Crippen molar-refractivity contribution in [3.05, 3.63) is 64.4 Å². The number of thiophene rings is 1. The topological polar surface area (TPSA) is 67.2 Å². The van der Waals surface area contributed by atoms with Crippen LogP contribution in [0.15, 0.2) is 47.1 Å². The number of hydrogen-bond acceptors (Lipinski definition) is 7. The highest BCUT2D eigenvalue weighted by atomic mass is 32.1. The van der Waals surface area contributed by atoms with E-state index in [9.17, 15) is 4.79 Å². The molecule has 1 atom stereocenters. The van der Waals surface area contributed by atoms with Gasteiger partial charge in [0.2, 0.25) is 6.79 Å². The van der Waals surface area contributed by atoms with Crippen molar-refractivity contribution < 1.29 is 18.7 Å². The van der Waals surface area contributed by atoms with Gasteiger partial charge in [-0.1, -0.05) is 19.9 Å². The summed E-state index contributed by atoms with van der Waals surface area (Å²) in [6, 6.07) is 11.8. The van der Waals surface area contributed by atoms with Gasteiger partial charge in [-0.3, -0.25) is 9.69 Å². The molecule has 1 unspecified atom stereocenters. The monoisotopic (exact) mass is 467 g/mol. The minimum absolute atomic E-state index is 0.00181. The number of rotatable bonds is 7. The van der Waals surface area contributed by atoms with Crippen molar-refractivity contribution in [2.45, 2.75) is 26.3 Å². The van der Waals surface area contributed by atoms with E-state index in [0.717, 1.165) is 66.8 Å². The fraction of sp³-hybridized carbons (Fsp3) is 0.400. The van der Waals surface area contributed by atoms with E-state index in [1.165, 1.54) is 11.1 Å². The van der Waals surface area contributed by atoms with Crippen LogP contribution in [0, 0.1) is 0 Å². The average Bonchev–Trinajstić information content (AvgIpc) is 3.61. The lowest BCUT2D eigenvalue weighted by atomic mass is 9.96. The van der Waals surface area contributed by atoms with Crippen molar-refractivity contribution in [2.24, 2.45) is 0 Å². The van der Waals surface area contributed by atoms with Gasteiger partial charge in [-0.2, -0.15) is 0 Å². The largest absolute Gasteiger partial charge is 0.459 e. The zero-order valence-corrected chi connectivity index (χ0v) is 19.8. The molecule has 8 heteroatoms. The van der Waals surface area contributed by atoms with Crippen molar-refractivity contribution in [1.82, 2.24) is 9.80 Å². The van der Waals surface area contributed by atoms with Gasteiger partial charge in [0.05, 0.1) is 12.3 Å². The van der Waals surface area contributed by atoms with Gasteiger partial charge in [0.15, 0.2) is 17.3 Å². The Bertz CT molecular complexity index is 1100. The lowest BCUT2D eigenvalue weighted by Crippen LogP contribution is -2.47. The molecule has 2 aliphatic heterocycles. The lowest BCUT2D eigenvalue weighted by molar-refractivity contribution is 0.0995. The Hall–Kier alpha value is -2.81. The van der Waals surface area contributed by atoms with Gasteiger partial charge < -0.3 is 24.1 Å². The first-order chi connectivity index (χ1) is 16.2. The van der Waals surface area contributed by atoms with Crippen LogP contribution >= 0.6 is 11.3 Å². The van der Waals surface area contributed by atoms with Gasteiger partial charge in [-0.05, 0) is 48.9 Å². The summed E-state index contributed by atoms with van der Waals surface area (Å²) >= 11 is 1.64. The normalized spacial score (nSPS) is 17.3. The maximum Gasteiger partial charge on any atom is 0.291 e. The molecule has 0 aliphatic carbocycles. The first-order valence-corrected chi connectivity index (χ1v) is 12.3. The zero-order valence-electron chi connectivity index (χ0n) is 19.0. The van der Waals surface area contributed by atoms with Gasteiger partial charge in [0.1, 0.15) is 5.00 Å². The van der Waals surface area contributed by atoms with Crippen LogP contribution in [0.2, 0.25) is 0 Å². The molecule has 0 spiro atoms. The van der Waals surface area contributed by atoms with E-state index in [4.69, 9.17) is 13.9 Å². The number of fused-ring (bicyclic) bond motifs is 1. The highest BCUT2D eigenvalue weighted by molar-refractivity contribution is 7.16. The van der Waals surface area contributed by atoms with Crippen LogP contribution in [0.3, 0.4) is 0 Å². The molecule has 1 saturated heterocycles. The quantitative estimate of drug-likeness (QED) is 0.547. The number of aryl methyl sites for hydroxylation is 1. The summed E-state index contributed by atoms with van der Waals surface area (Å²) in [4.78, 5) is 19.1. The molecule has 33 heavy (non-hydrogen) atoms. The van der Waals surface area contributed by atoms with E-state index < -0.39 is 0 Å². The van der Waals surface area contributed by atoms with E-state index in [2.05, 4.69) is 47.2 Å². The molecule has 1 fully saturated rings. The van der Waals surface area contributed by atoms with Crippen LogP contribution < -0.4 is 14.8 Å². The van der Waals surface area contributed by atoms with Crippen LogP contribution in [0.25, 0.3) is 0 Å². The van der Waals surface area contributed by atoms with Gasteiger partial charge >= 0.3 is 0 Å². The summed E-state index contributed by atoms with van der Waals surface area (Å²) in [5.41, 5.74) is 2.25. The second kappa shape index (κ2) is 9.59. The molecule has 2 aliphatic rings. The molecule has 0 radical (unpaired) electrons. The number of nitrogens with one attached hydrogen (secondary N) is 1. The van der Waals surface area contributed by atoms with Crippen LogP contribution in [-0.4, -0.2) is 55.2 Å². The Kier molecular flexibility index (Phi) is 6.39. The Balaban J connectivity index is 1.53. The number of furan rings is 1. The fourth-order valence-corrected chi connectivity index (χ4v) is 5.54. The molecule has 4 heterocycles. The first-order valence-electron chi connectivity index (χ1n) is 11.5. The molecule has 1 aromatic carbocycles. The summed E-state index contributed by atoms with van der Waals surface area (Å²) in [6.45, 7) is 9.62. The third-order valence-electron chi connectivity index (χ3n) is 6.36. The van der Waals surface area contributed by atoms with E-state index in [-0.39, 0.29) is 18.7 Å². The van der Waals surface area contributed by atoms with E-state index >= 15 is 0 Å². The van der Waals surface area contributed by atoms with Crippen molar-refractivity contribution in [2.75, 3.05) is 44.8 Å². The van der Waals surface area contributed by atoms with E-state index in [1.807, 2.05) is 6.07 Å². The number of likely N-dealkylation sites (N-methyl/N-ethyl adjacent to an activating group) is 1. The van der Waals surface area contributed by atoms with Crippen molar-refractivity contribution >= 4 is 22.2 Å². The van der Waals surface area contributed by atoms with Gasteiger partial charge in [0, 0.05) is 36.6 Å². The Morgan fingerprint density at radius 3 is 2.64 bits per heavy atom. The number of nitrogens with zero attached hydrogens (tertiary/aromatic N) is 2. The van der Waals surface area contributed by atoms with Gasteiger partial charge in [-0.25, -0.2) is 0 Å². The highest BCUT2D eigenvalue weighted by Gasteiger charge is 2.31. The smallest absolute Gasteiger partial charge is 0.291 e. The van der Waals surface area contributed by atoms with Crippen LogP contribution in [0.1, 0.15) is 46.4 Å². The van der Waals surface area contributed by atoms with E-state index in [1.54, 1.807) is 23.5 Å². The molecule has 5 rings (SSSR count). The van der Waals surface area contributed by atoms with Crippen LogP contribution in [-0.2, 0) is 6.42 Å². The second-order valence-electron chi connectivity index (χ2n) is 8.27. The number of amides is 1. The molecule has 0 saturated carbocycles. The lowest BCUT2D eigenvalue weighted by Gasteiger charge is -2.39. The summed E-state index contributed by atoms with van der Waals surface area (Å²) in [7, 11) is 0. The SMILES string of the molecule is CCc1cc(C(c2ccc3c(c2)OCO3)N2CCN(CC)CC2)c(NC(=O)c2ccco2)s1. The minimum Gasteiger partial charge on any atom is -0.459 e. The summed E-state index contributed by atoms with van der Waals surface area (Å²) in [5, 5.41) is 3.99. The van der Waals surface area contributed by atoms with Crippen molar-refractivity contribution in [3.63, 3.8) is 0 Å².